The van der Waals surface area contributed by atoms with Crippen molar-refractivity contribution < 1.29 is 9.90 Å². The molecule has 1 aromatic heterocycles. The lowest BCUT2D eigenvalue weighted by Gasteiger charge is -2.17. The summed E-state index contributed by atoms with van der Waals surface area (Å²) in [5.74, 6) is 0.0508. The van der Waals surface area contributed by atoms with Gasteiger partial charge in [-0.05, 0) is 18.6 Å². The van der Waals surface area contributed by atoms with Crippen LogP contribution >= 0.6 is 0 Å². The monoisotopic (exact) mass is 263 g/mol. The predicted octanol–water partition coefficient (Wildman–Crippen LogP) is 3.43. The SMILES string of the molecule is CC(O)c1[nH]c2cccc3c2c1-c1ccccc1C3=O. The van der Waals surface area contributed by atoms with E-state index >= 15 is 0 Å². The highest BCUT2D eigenvalue weighted by atomic mass is 16.3. The second-order valence-corrected chi connectivity index (χ2v) is 5.19. The largest absolute Gasteiger partial charge is 0.387 e. The molecule has 0 spiro atoms. The molecule has 3 heteroatoms. The fourth-order valence-corrected chi connectivity index (χ4v) is 3.09. The van der Waals surface area contributed by atoms with E-state index in [2.05, 4.69) is 4.98 Å². The number of hydrogen-bond acceptors (Lipinski definition) is 2. The number of rotatable bonds is 1. The summed E-state index contributed by atoms with van der Waals surface area (Å²) in [4.78, 5) is 15.9. The zero-order valence-corrected chi connectivity index (χ0v) is 11.0. The molecule has 0 aliphatic heterocycles. The summed E-state index contributed by atoms with van der Waals surface area (Å²) >= 11 is 0. The Balaban J connectivity index is 2.25. The van der Waals surface area contributed by atoms with Crippen LogP contribution in [0.4, 0.5) is 0 Å². The molecule has 0 saturated heterocycles. The van der Waals surface area contributed by atoms with Gasteiger partial charge in [-0.2, -0.15) is 0 Å². The van der Waals surface area contributed by atoms with E-state index in [0.717, 1.165) is 27.7 Å². The Bertz CT molecular complexity index is 859. The van der Waals surface area contributed by atoms with Gasteiger partial charge in [0.25, 0.3) is 0 Å². The molecule has 1 aliphatic rings. The van der Waals surface area contributed by atoms with Crippen molar-refractivity contribution in [2.75, 3.05) is 0 Å². The van der Waals surface area contributed by atoms with Crippen molar-refractivity contribution in [2.24, 2.45) is 0 Å². The van der Waals surface area contributed by atoms with Crippen molar-refractivity contribution in [3.8, 4) is 11.1 Å². The van der Waals surface area contributed by atoms with E-state index < -0.39 is 6.10 Å². The third kappa shape index (κ3) is 1.30. The molecule has 4 rings (SSSR count). The fraction of sp³-hybridized carbons (Fsp3) is 0.118. The average Bonchev–Trinajstić information content (AvgIpc) is 2.85. The maximum absolute atomic E-state index is 12.6. The summed E-state index contributed by atoms with van der Waals surface area (Å²) in [6, 6.07) is 13.2. The van der Waals surface area contributed by atoms with Crippen LogP contribution in [0, 0.1) is 0 Å². The summed E-state index contributed by atoms with van der Waals surface area (Å²) in [6.07, 6.45) is -0.605. The molecule has 1 unspecified atom stereocenters. The highest BCUT2D eigenvalue weighted by Crippen LogP contribution is 2.43. The number of aliphatic hydroxyl groups is 1. The van der Waals surface area contributed by atoms with E-state index in [1.54, 1.807) is 6.92 Å². The first-order chi connectivity index (χ1) is 9.68. The summed E-state index contributed by atoms with van der Waals surface area (Å²) in [5, 5.41) is 11.0. The van der Waals surface area contributed by atoms with Gasteiger partial charge in [0.05, 0.1) is 11.8 Å². The normalized spacial score (nSPS) is 14.4. The fourth-order valence-electron chi connectivity index (χ4n) is 3.09. The van der Waals surface area contributed by atoms with Gasteiger partial charge < -0.3 is 10.1 Å². The maximum atomic E-state index is 12.6. The van der Waals surface area contributed by atoms with Crippen LogP contribution in [0.15, 0.2) is 42.5 Å². The number of carbonyl (C=O) groups excluding carboxylic acids is 1. The molecule has 3 nitrogen and oxygen atoms in total. The van der Waals surface area contributed by atoms with Gasteiger partial charge >= 0.3 is 0 Å². The van der Waals surface area contributed by atoms with Gasteiger partial charge in [-0.3, -0.25) is 4.79 Å². The second-order valence-electron chi connectivity index (χ2n) is 5.19. The molecule has 1 aliphatic carbocycles. The molecule has 1 heterocycles. The molecule has 0 fully saturated rings. The Morgan fingerprint density at radius 3 is 2.45 bits per heavy atom. The molecule has 2 N–H and O–H groups in total. The number of nitrogens with one attached hydrogen (secondary N) is 1. The van der Waals surface area contributed by atoms with Gasteiger partial charge in [0.15, 0.2) is 5.78 Å². The van der Waals surface area contributed by atoms with Crippen LogP contribution in [0.2, 0.25) is 0 Å². The maximum Gasteiger partial charge on any atom is 0.194 e. The molecule has 0 radical (unpaired) electrons. The number of ketones is 1. The Labute approximate surface area is 115 Å². The summed E-state index contributed by atoms with van der Waals surface area (Å²) in [6.45, 7) is 1.74. The molecular formula is C17H13NO2. The molecule has 0 saturated carbocycles. The zero-order valence-electron chi connectivity index (χ0n) is 11.0. The number of aliphatic hydroxyl groups excluding tert-OH is 1. The standard InChI is InChI=1S/C17H13NO2/c1-9(19)16-15-10-5-2-3-6-11(10)17(20)12-7-4-8-13(18-16)14(12)15/h2-9,18-19H,1H3. The Morgan fingerprint density at radius 2 is 1.70 bits per heavy atom. The summed E-state index contributed by atoms with van der Waals surface area (Å²) in [7, 11) is 0. The van der Waals surface area contributed by atoms with Crippen molar-refractivity contribution >= 4 is 16.7 Å². The third-order valence-corrected chi connectivity index (χ3v) is 3.96. The average molecular weight is 263 g/mol. The molecular weight excluding hydrogens is 250 g/mol. The number of aromatic amines is 1. The first kappa shape index (κ1) is 11.4. The van der Waals surface area contributed by atoms with E-state index in [4.69, 9.17) is 0 Å². The van der Waals surface area contributed by atoms with Crippen molar-refractivity contribution in [3.63, 3.8) is 0 Å². The first-order valence-electron chi connectivity index (χ1n) is 6.65. The van der Waals surface area contributed by atoms with Gasteiger partial charge in [0.2, 0.25) is 0 Å². The van der Waals surface area contributed by atoms with Crippen molar-refractivity contribution in [1.82, 2.24) is 4.98 Å². The van der Waals surface area contributed by atoms with Crippen LogP contribution in [0.1, 0.15) is 34.6 Å². The molecule has 3 aromatic rings. The van der Waals surface area contributed by atoms with E-state index in [1.807, 2.05) is 42.5 Å². The zero-order chi connectivity index (χ0) is 13.9. The van der Waals surface area contributed by atoms with Gasteiger partial charge in [0.1, 0.15) is 0 Å². The molecule has 1 atom stereocenters. The van der Waals surface area contributed by atoms with Crippen LogP contribution in [0.5, 0.6) is 0 Å². The lowest BCUT2D eigenvalue weighted by molar-refractivity contribution is 0.104. The van der Waals surface area contributed by atoms with Crippen LogP contribution in [-0.4, -0.2) is 15.9 Å². The van der Waals surface area contributed by atoms with Crippen molar-refractivity contribution in [3.05, 3.63) is 59.3 Å². The Hall–Kier alpha value is -2.39. The second kappa shape index (κ2) is 3.81. The number of aromatic nitrogens is 1. The van der Waals surface area contributed by atoms with Crippen LogP contribution < -0.4 is 0 Å². The number of carbonyl (C=O) groups is 1. The van der Waals surface area contributed by atoms with Crippen molar-refractivity contribution in [2.45, 2.75) is 13.0 Å². The van der Waals surface area contributed by atoms with E-state index in [-0.39, 0.29) is 5.78 Å². The molecule has 0 bridgehead atoms. The first-order valence-corrected chi connectivity index (χ1v) is 6.65. The van der Waals surface area contributed by atoms with E-state index in [0.29, 0.717) is 11.1 Å². The van der Waals surface area contributed by atoms with Gasteiger partial charge in [-0.15, -0.1) is 0 Å². The quantitative estimate of drug-likeness (QED) is 0.552. The van der Waals surface area contributed by atoms with Crippen LogP contribution in [0.25, 0.3) is 22.0 Å². The van der Waals surface area contributed by atoms with Crippen LogP contribution in [-0.2, 0) is 0 Å². The Kier molecular flexibility index (Phi) is 2.18. The molecule has 0 amide bonds. The molecule has 2 aromatic carbocycles. The molecule has 20 heavy (non-hydrogen) atoms. The summed E-state index contributed by atoms with van der Waals surface area (Å²) in [5.41, 5.74) is 4.94. The highest BCUT2D eigenvalue weighted by Gasteiger charge is 2.29. The number of H-pyrrole nitrogens is 1. The van der Waals surface area contributed by atoms with E-state index in [1.165, 1.54) is 0 Å². The van der Waals surface area contributed by atoms with Crippen LogP contribution in [0.3, 0.4) is 0 Å². The minimum atomic E-state index is -0.605. The third-order valence-electron chi connectivity index (χ3n) is 3.96. The molecule has 98 valence electrons. The van der Waals surface area contributed by atoms with Crippen molar-refractivity contribution in [1.29, 1.82) is 0 Å². The van der Waals surface area contributed by atoms with Gasteiger partial charge in [-0.25, -0.2) is 0 Å². The smallest absolute Gasteiger partial charge is 0.194 e. The number of hydrogen-bond donors (Lipinski definition) is 2. The Morgan fingerprint density at radius 1 is 1.00 bits per heavy atom. The number of fused-ring (bicyclic) bond motifs is 2. The lowest BCUT2D eigenvalue weighted by Crippen LogP contribution is -2.09. The summed E-state index contributed by atoms with van der Waals surface area (Å²) < 4.78 is 0. The number of benzene rings is 2. The van der Waals surface area contributed by atoms with E-state index in [9.17, 15) is 9.90 Å². The highest BCUT2D eigenvalue weighted by molar-refractivity contribution is 6.26. The topological polar surface area (TPSA) is 53.1 Å². The lowest BCUT2D eigenvalue weighted by atomic mass is 9.84. The minimum absolute atomic E-state index is 0.0508. The predicted molar refractivity (Wildman–Crippen MR) is 77.8 cm³/mol. The minimum Gasteiger partial charge on any atom is -0.387 e. The van der Waals surface area contributed by atoms with Gasteiger partial charge in [0, 0.05) is 27.6 Å². The van der Waals surface area contributed by atoms with Gasteiger partial charge in [-0.1, -0.05) is 36.4 Å².